The van der Waals surface area contributed by atoms with Crippen molar-refractivity contribution in [3.63, 3.8) is 0 Å². The second-order valence-electron chi connectivity index (χ2n) is 4.41. The molecule has 2 N–H and O–H groups in total. The summed E-state index contributed by atoms with van der Waals surface area (Å²) in [6, 6.07) is 4.72. The van der Waals surface area contributed by atoms with Crippen LogP contribution in [0.4, 0.5) is 11.4 Å². The van der Waals surface area contributed by atoms with Crippen molar-refractivity contribution in [3.8, 4) is 0 Å². The summed E-state index contributed by atoms with van der Waals surface area (Å²) in [7, 11) is 1.77. The zero-order valence-corrected chi connectivity index (χ0v) is 10.7. The van der Waals surface area contributed by atoms with E-state index in [1.807, 2.05) is 4.90 Å². The Morgan fingerprint density at radius 3 is 2.95 bits per heavy atom. The standard InChI is InChI=1S/C12H16N4O3/c1-13-11-3-2-10(16(18)19)6-9(11)7-15-5-4-14-12(17)8-15/h2-3,6,13H,4-5,7-8H2,1H3,(H,14,17). The first-order valence-electron chi connectivity index (χ1n) is 6.04. The summed E-state index contributed by atoms with van der Waals surface area (Å²) < 4.78 is 0. The maximum absolute atomic E-state index is 11.3. The highest BCUT2D eigenvalue weighted by molar-refractivity contribution is 5.78. The Morgan fingerprint density at radius 2 is 2.32 bits per heavy atom. The number of benzene rings is 1. The summed E-state index contributed by atoms with van der Waals surface area (Å²) in [5.41, 5.74) is 1.73. The lowest BCUT2D eigenvalue weighted by atomic mass is 10.1. The van der Waals surface area contributed by atoms with E-state index in [0.29, 0.717) is 19.6 Å². The molecule has 19 heavy (non-hydrogen) atoms. The second-order valence-corrected chi connectivity index (χ2v) is 4.41. The Balaban J connectivity index is 2.19. The molecule has 1 aromatic rings. The van der Waals surface area contributed by atoms with Gasteiger partial charge >= 0.3 is 0 Å². The van der Waals surface area contributed by atoms with E-state index in [1.165, 1.54) is 6.07 Å². The van der Waals surface area contributed by atoms with Crippen LogP contribution < -0.4 is 10.6 Å². The average molecular weight is 264 g/mol. The zero-order valence-electron chi connectivity index (χ0n) is 10.7. The lowest BCUT2D eigenvalue weighted by Crippen LogP contribution is -2.47. The van der Waals surface area contributed by atoms with Gasteiger partial charge in [-0.3, -0.25) is 19.8 Å². The highest BCUT2D eigenvalue weighted by Gasteiger charge is 2.18. The van der Waals surface area contributed by atoms with Crippen LogP contribution in [-0.2, 0) is 11.3 Å². The van der Waals surface area contributed by atoms with E-state index in [-0.39, 0.29) is 11.6 Å². The van der Waals surface area contributed by atoms with Crippen molar-refractivity contribution in [1.29, 1.82) is 0 Å². The molecule has 0 saturated carbocycles. The molecule has 0 aliphatic carbocycles. The highest BCUT2D eigenvalue weighted by Crippen LogP contribution is 2.23. The normalized spacial score (nSPS) is 15.9. The van der Waals surface area contributed by atoms with E-state index in [2.05, 4.69) is 10.6 Å². The van der Waals surface area contributed by atoms with E-state index in [9.17, 15) is 14.9 Å². The van der Waals surface area contributed by atoms with E-state index < -0.39 is 4.92 Å². The third kappa shape index (κ3) is 3.19. The van der Waals surface area contributed by atoms with Gasteiger partial charge in [-0.25, -0.2) is 0 Å². The van der Waals surface area contributed by atoms with Crippen LogP contribution >= 0.6 is 0 Å². The molecule has 102 valence electrons. The highest BCUT2D eigenvalue weighted by atomic mass is 16.6. The van der Waals surface area contributed by atoms with Crippen LogP contribution in [0.25, 0.3) is 0 Å². The average Bonchev–Trinajstić information content (AvgIpc) is 2.38. The van der Waals surface area contributed by atoms with Gasteiger partial charge in [-0.05, 0) is 11.6 Å². The molecule has 1 saturated heterocycles. The number of non-ortho nitro benzene ring substituents is 1. The van der Waals surface area contributed by atoms with Gasteiger partial charge in [-0.15, -0.1) is 0 Å². The smallest absolute Gasteiger partial charge is 0.269 e. The number of nitro groups is 1. The lowest BCUT2D eigenvalue weighted by molar-refractivity contribution is -0.384. The van der Waals surface area contributed by atoms with Crippen LogP contribution in [0.1, 0.15) is 5.56 Å². The minimum atomic E-state index is -0.411. The Labute approximate surface area is 110 Å². The van der Waals surface area contributed by atoms with Gasteiger partial charge in [-0.2, -0.15) is 0 Å². The SMILES string of the molecule is CNc1ccc([N+](=O)[O-])cc1CN1CCNC(=O)C1. The van der Waals surface area contributed by atoms with Crippen LogP contribution in [0.5, 0.6) is 0 Å². The number of carbonyl (C=O) groups excluding carboxylic acids is 1. The number of rotatable bonds is 4. The number of hydrogen-bond donors (Lipinski definition) is 2. The number of piperazine rings is 1. The molecule has 2 rings (SSSR count). The van der Waals surface area contributed by atoms with Crippen LogP contribution in [0.15, 0.2) is 18.2 Å². The molecule has 1 aromatic carbocycles. The van der Waals surface area contributed by atoms with Crippen molar-refractivity contribution in [2.24, 2.45) is 0 Å². The Kier molecular flexibility index (Phi) is 3.96. The van der Waals surface area contributed by atoms with E-state index in [4.69, 9.17) is 0 Å². The number of nitrogens with one attached hydrogen (secondary N) is 2. The quantitative estimate of drug-likeness (QED) is 0.613. The number of hydrogen-bond acceptors (Lipinski definition) is 5. The molecule has 0 aromatic heterocycles. The molecule has 1 fully saturated rings. The van der Waals surface area contributed by atoms with Gasteiger partial charge in [0.1, 0.15) is 0 Å². The topological polar surface area (TPSA) is 87.5 Å². The Morgan fingerprint density at radius 1 is 1.53 bits per heavy atom. The fourth-order valence-corrected chi connectivity index (χ4v) is 2.14. The summed E-state index contributed by atoms with van der Waals surface area (Å²) in [4.78, 5) is 23.7. The van der Waals surface area contributed by atoms with Gasteiger partial charge in [0.05, 0.1) is 11.5 Å². The molecule has 1 heterocycles. The van der Waals surface area contributed by atoms with E-state index >= 15 is 0 Å². The molecule has 0 unspecified atom stereocenters. The minimum absolute atomic E-state index is 0.0114. The number of nitrogens with zero attached hydrogens (tertiary/aromatic N) is 2. The molecule has 7 nitrogen and oxygen atoms in total. The maximum Gasteiger partial charge on any atom is 0.269 e. The first-order chi connectivity index (χ1) is 9.10. The van der Waals surface area contributed by atoms with Crippen LogP contribution in [0, 0.1) is 10.1 Å². The molecule has 1 aliphatic heterocycles. The lowest BCUT2D eigenvalue weighted by Gasteiger charge is -2.27. The fourth-order valence-electron chi connectivity index (χ4n) is 2.14. The Hall–Kier alpha value is -2.15. The van der Waals surface area contributed by atoms with Gasteiger partial charge in [0.25, 0.3) is 5.69 Å². The summed E-state index contributed by atoms with van der Waals surface area (Å²) in [5.74, 6) is -0.0114. The van der Waals surface area contributed by atoms with Gasteiger partial charge in [-0.1, -0.05) is 0 Å². The van der Waals surface area contributed by atoms with Gasteiger partial charge in [0, 0.05) is 44.5 Å². The van der Waals surface area contributed by atoms with Crippen LogP contribution in [0.2, 0.25) is 0 Å². The molecule has 7 heteroatoms. The first kappa shape index (κ1) is 13.3. The van der Waals surface area contributed by atoms with Gasteiger partial charge in [0.2, 0.25) is 5.91 Å². The van der Waals surface area contributed by atoms with Crippen LogP contribution in [-0.4, -0.2) is 42.4 Å². The molecule has 0 bridgehead atoms. The summed E-state index contributed by atoms with van der Waals surface area (Å²) in [5, 5.41) is 16.6. The third-order valence-electron chi connectivity index (χ3n) is 3.08. The van der Waals surface area contributed by atoms with Crippen molar-refractivity contribution in [3.05, 3.63) is 33.9 Å². The molecule has 0 radical (unpaired) electrons. The zero-order chi connectivity index (χ0) is 13.8. The molecule has 1 amide bonds. The first-order valence-corrected chi connectivity index (χ1v) is 6.04. The van der Waals surface area contributed by atoms with Crippen molar-refractivity contribution < 1.29 is 9.72 Å². The van der Waals surface area contributed by atoms with Gasteiger partial charge < -0.3 is 10.6 Å². The largest absolute Gasteiger partial charge is 0.388 e. The van der Waals surface area contributed by atoms with E-state index in [0.717, 1.165) is 17.8 Å². The summed E-state index contributed by atoms with van der Waals surface area (Å²) >= 11 is 0. The summed E-state index contributed by atoms with van der Waals surface area (Å²) in [6.45, 7) is 2.21. The van der Waals surface area contributed by atoms with Crippen molar-refractivity contribution in [1.82, 2.24) is 10.2 Å². The number of amides is 1. The predicted octanol–water partition coefficient (Wildman–Crippen LogP) is 0.568. The molecule has 1 aliphatic rings. The fraction of sp³-hybridized carbons (Fsp3) is 0.417. The molecular formula is C12H16N4O3. The number of anilines is 1. The monoisotopic (exact) mass is 264 g/mol. The maximum atomic E-state index is 11.3. The van der Waals surface area contributed by atoms with Crippen molar-refractivity contribution >= 4 is 17.3 Å². The predicted molar refractivity (Wildman–Crippen MR) is 70.9 cm³/mol. The van der Waals surface area contributed by atoms with Gasteiger partial charge in [0.15, 0.2) is 0 Å². The number of nitro benzene ring substituents is 1. The van der Waals surface area contributed by atoms with E-state index in [1.54, 1.807) is 19.2 Å². The molecule has 0 atom stereocenters. The van der Waals surface area contributed by atoms with Crippen molar-refractivity contribution in [2.75, 3.05) is 32.0 Å². The third-order valence-corrected chi connectivity index (χ3v) is 3.08. The van der Waals surface area contributed by atoms with Crippen molar-refractivity contribution in [2.45, 2.75) is 6.54 Å². The summed E-state index contributed by atoms with van der Waals surface area (Å²) in [6.07, 6.45) is 0. The van der Waals surface area contributed by atoms with Crippen LogP contribution in [0.3, 0.4) is 0 Å². The second kappa shape index (κ2) is 5.66. The number of carbonyl (C=O) groups is 1. The molecular weight excluding hydrogens is 248 g/mol. The molecule has 0 spiro atoms. The Bertz CT molecular complexity index is 504. The minimum Gasteiger partial charge on any atom is -0.388 e.